The summed E-state index contributed by atoms with van der Waals surface area (Å²) >= 11 is 0. The first-order valence-corrected chi connectivity index (χ1v) is 6.75. The van der Waals surface area contributed by atoms with E-state index in [-0.39, 0.29) is 0 Å². The molecule has 0 fully saturated rings. The minimum Gasteiger partial charge on any atom is -0.370 e. The van der Waals surface area contributed by atoms with Crippen LogP contribution < -0.4 is 16.6 Å². The van der Waals surface area contributed by atoms with Crippen LogP contribution in [0.15, 0.2) is 6.07 Å². The maximum atomic E-state index is 5.33. The number of aryl methyl sites for hydroxylation is 1. The van der Waals surface area contributed by atoms with Crippen LogP contribution in [0.25, 0.3) is 0 Å². The SMILES string of the molecule is CCCCC(CC)CNc1cc(C)nc(NN)n1. The molecule has 5 heteroatoms. The van der Waals surface area contributed by atoms with Crippen molar-refractivity contribution in [2.45, 2.75) is 46.5 Å². The van der Waals surface area contributed by atoms with Gasteiger partial charge in [-0.05, 0) is 19.3 Å². The number of nitrogens with one attached hydrogen (secondary N) is 2. The summed E-state index contributed by atoms with van der Waals surface area (Å²) in [6.07, 6.45) is 5.01. The molecule has 0 aliphatic heterocycles. The summed E-state index contributed by atoms with van der Waals surface area (Å²) in [5.41, 5.74) is 3.39. The molecule has 0 aliphatic rings. The fourth-order valence-corrected chi connectivity index (χ4v) is 1.92. The van der Waals surface area contributed by atoms with Crippen LogP contribution in [0.2, 0.25) is 0 Å². The van der Waals surface area contributed by atoms with E-state index in [2.05, 4.69) is 34.6 Å². The standard InChI is InChI=1S/C13H25N5/c1-4-6-7-11(5-2)9-15-12-8-10(3)16-13(17-12)18-14/h8,11H,4-7,9,14H2,1-3H3,(H2,15,16,17,18). The van der Waals surface area contributed by atoms with Crippen molar-refractivity contribution in [3.63, 3.8) is 0 Å². The molecule has 1 aromatic rings. The normalized spacial score (nSPS) is 12.2. The van der Waals surface area contributed by atoms with Gasteiger partial charge in [0.1, 0.15) is 5.82 Å². The van der Waals surface area contributed by atoms with Gasteiger partial charge in [0.25, 0.3) is 0 Å². The molecule has 4 N–H and O–H groups in total. The van der Waals surface area contributed by atoms with Crippen LogP contribution >= 0.6 is 0 Å². The van der Waals surface area contributed by atoms with Crippen molar-refractivity contribution in [2.75, 3.05) is 17.3 Å². The van der Waals surface area contributed by atoms with E-state index in [1.807, 2.05) is 13.0 Å². The lowest BCUT2D eigenvalue weighted by atomic mass is 9.99. The van der Waals surface area contributed by atoms with Crippen LogP contribution in [-0.2, 0) is 0 Å². The molecule has 1 unspecified atom stereocenters. The van der Waals surface area contributed by atoms with Gasteiger partial charge in [0.05, 0.1) is 0 Å². The highest BCUT2D eigenvalue weighted by atomic mass is 15.3. The Morgan fingerprint density at radius 2 is 2.11 bits per heavy atom. The second kappa shape index (κ2) is 7.87. The van der Waals surface area contributed by atoms with Gasteiger partial charge in [-0.3, -0.25) is 5.43 Å². The van der Waals surface area contributed by atoms with Gasteiger partial charge in [0.15, 0.2) is 0 Å². The Morgan fingerprint density at radius 1 is 1.33 bits per heavy atom. The van der Waals surface area contributed by atoms with E-state index in [0.29, 0.717) is 11.9 Å². The topological polar surface area (TPSA) is 75.9 Å². The summed E-state index contributed by atoms with van der Waals surface area (Å²) in [6.45, 7) is 7.35. The quantitative estimate of drug-likeness (QED) is 0.489. The summed E-state index contributed by atoms with van der Waals surface area (Å²) < 4.78 is 0. The van der Waals surface area contributed by atoms with Crippen LogP contribution in [-0.4, -0.2) is 16.5 Å². The minimum atomic E-state index is 0.458. The van der Waals surface area contributed by atoms with Gasteiger partial charge in [-0.25, -0.2) is 10.8 Å². The van der Waals surface area contributed by atoms with E-state index in [4.69, 9.17) is 5.84 Å². The molecular formula is C13H25N5. The first-order chi connectivity index (χ1) is 8.69. The molecule has 1 atom stereocenters. The smallest absolute Gasteiger partial charge is 0.239 e. The predicted octanol–water partition coefficient (Wildman–Crippen LogP) is 2.70. The van der Waals surface area contributed by atoms with Crippen molar-refractivity contribution in [3.05, 3.63) is 11.8 Å². The molecule has 102 valence electrons. The van der Waals surface area contributed by atoms with Crippen LogP contribution in [0.5, 0.6) is 0 Å². The number of nitrogen functional groups attached to an aromatic ring is 1. The van der Waals surface area contributed by atoms with E-state index in [9.17, 15) is 0 Å². The van der Waals surface area contributed by atoms with Crippen LogP contribution in [0, 0.1) is 12.8 Å². The maximum absolute atomic E-state index is 5.33. The van der Waals surface area contributed by atoms with Crippen LogP contribution in [0.4, 0.5) is 11.8 Å². The lowest BCUT2D eigenvalue weighted by molar-refractivity contribution is 0.472. The fourth-order valence-electron chi connectivity index (χ4n) is 1.92. The zero-order valence-electron chi connectivity index (χ0n) is 11.7. The van der Waals surface area contributed by atoms with E-state index < -0.39 is 0 Å². The molecule has 5 nitrogen and oxygen atoms in total. The third-order valence-corrected chi connectivity index (χ3v) is 3.10. The monoisotopic (exact) mass is 251 g/mol. The number of rotatable bonds is 8. The molecule has 0 radical (unpaired) electrons. The second-order valence-electron chi connectivity index (χ2n) is 4.66. The van der Waals surface area contributed by atoms with Crippen molar-refractivity contribution in [1.82, 2.24) is 9.97 Å². The molecule has 0 saturated carbocycles. The lowest BCUT2D eigenvalue weighted by Gasteiger charge is -2.16. The molecule has 18 heavy (non-hydrogen) atoms. The molecular weight excluding hydrogens is 226 g/mol. The van der Waals surface area contributed by atoms with Crippen molar-refractivity contribution in [2.24, 2.45) is 11.8 Å². The zero-order chi connectivity index (χ0) is 13.4. The third kappa shape index (κ3) is 4.87. The minimum absolute atomic E-state index is 0.458. The van der Waals surface area contributed by atoms with Gasteiger partial charge in [-0.1, -0.05) is 33.1 Å². The molecule has 0 aliphatic carbocycles. The zero-order valence-corrected chi connectivity index (χ0v) is 11.7. The molecule has 1 heterocycles. The Bertz CT molecular complexity index is 353. The molecule has 0 saturated heterocycles. The third-order valence-electron chi connectivity index (χ3n) is 3.10. The first-order valence-electron chi connectivity index (χ1n) is 6.75. The van der Waals surface area contributed by atoms with Gasteiger partial charge in [0, 0.05) is 18.3 Å². The average Bonchev–Trinajstić information content (AvgIpc) is 2.38. The number of nitrogens with two attached hydrogens (primary N) is 1. The van der Waals surface area contributed by atoms with E-state index in [1.54, 1.807) is 0 Å². The van der Waals surface area contributed by atoms with Crippen LogP contribution in [0.3, 0.4) is 0 Å². The van der Waals surface area contributed by atoms with Gasteiger partial charge in [-0.2, -0.15) is 4.98 Å². The summed E-state index contributed by atoms with van der Waals surface area (Å²) in [6, 6.07) is 1.94. The predicted molar refractivity (Wildman–Crippen MR) is 76.4 cm³/mol. The van der Waals surface area contributed by atoms with Crippen molar-refractivity contribution in [3.8, 4) is 0 Å². The molecule has 1 aromatic heterocycles. The van der Waals surface area contributed by atoms with E-state index in [1.165, 1.54) is 25.7 Å². The maximum Gasteiger partial charge on any atom is 0.239 e. The summed E-state index contributed by atoms with van der Waals surface area (Å²) in [5.74, 6) is 7.33. The molecule has 1 rings (SSSR count). The number of anilines is 2. The highest BCUT2D eigenvalue weighted by Crippen LogP contribution is 2.15. The molecule has 0 spiro atoms. The number of unbranched alkanes of at least 4 members (excludes halogenated alkanes) is 1. The van der Waals surface area contributed by atoms with Gasteiger partial charge in [-0.15, -0.1) is 0 Å². The van der Waals surface area contributed by atoms with E-state index in [0.717, 1.165) is 18.1 Å². The number of aromatic nitrogens is 2. The highest BCUT2D eigenvalue weighted by Gasteiger charge is 2.07. The Hall–Kier alpha value is -1.36. The Balaban J connectivity index is 2.53. The summed E-state index contributed by atoms with van der Waals surface area (Å²) in [5, 5.41) is 3.37. The fraction of sp³-hybridized carbons (Fsp3) is 0.692. The number of hydrogen-bond donors (Lipinski definition) is 3. The van der Waals surface area contributed by atoms with Gasteiger partial charge in [0.2, 0.25) is 5.95 Å². The van der Waals surface area contributed by atoms with Crippen LogP contribution in [0.1, 0.15) is 45.2 Å². The molecule has 0 aromatic carbocycles. The molecule has 0 bridgehead atoms. The summed E-state index contributed by atoms with van der Waals surface area (Å²) in [4.78, 5) is 8.44. The van der Waals surface area contributed by atoms with E-state index >= 15 is 0 Å². The Labute approximate surface area is 110 Å². The largest absolute Gasteiger partial charge is 0.370 e. The first kappa shape index (κ1) is 14.7. The number of hydrogen-bond acceptors (Lipinski definition) is 5. The van der Waals surface area contributed by atoms with Crippen molar-refractivity contribution >= 4 is 11.8 Å². The Kier molecular flexibility index (Phi) is 6.43. The second-order valence-corrected chi connectivity index (χ2v) is 4.66. The van der Waals surface area contributed by atoms with Crippen molar-refractivity contribution in [1.29, 1.82) is 0 Å². The lowest BCUT2D eigenvalue weighted by Crippen LogP contribution is -2.16. The van der Waals surface area contributed by atoms with Gasteiger partial charge >= 0.3 is 0 Å². The summed E-state index contributed by atoms with van der Waals surface area (Å²) in [7, 11) is 0. The molecule has 0 amide bonds. The number of nitrogens with zero attached hydrogens (tertiary/aromatic N) is 2. The van der Waals surface area contributed by atoms with Crippen molar-refractivity contribution < 1.29 is 0 Å². The highest BCUT2D eigenvalue weighted by molar-refractivity contribution is 5.41. The van der Waals surface area contributed by atoms with Gasteiger partial charge < -0.3 is 5.32 Å². The Morgan fingerprint density at radius 3 is 2.72 bits per heavy atom. The number of hydrazine groups is 1. The average molecular weight is 251 g/mol.